The van der Waals surface area contributed by atoms with Gasteiger partial charge in [-0.05, 0) is 25.8 Å². The summed E-state index contributed by atoms with van der Waals surface area (Å²) in [6.07, 6.45) is 0.803. The maximum atomic E-state index is 9.48. The Morgan fingerprint density at radius 2 is 1.89 bits per heavy atom. The highest BCUT2D eigenvalue weighted by Crippen LogP contribution is 2.17. The van der Waals surface area contributed by atoms with Crippen LogP contribution in [0.2, 0.25) is 0 Å². The summed E-state index contributed by atoms with van der Waals surface area (Å²) in [6.45, 7) is 5.15. The minimum Gasteiger partial charge on any atom is -0.395 e. The summed E-state index contributed by atoms with van der Waals surface area (Å²) < 4.78 is 11.2. The van der Waals surface area contributed by atoms with Crippen molar-refractivity contribution in [1.82, 2.24) is 5.32 Å². The van der Waals surface area contributed by atoms with Gasteiger partial charge in [0.15, 0.2) is 5.79 Å². The molecule has 0 unspecified atom stereocenters. The van der Waals surface area contributed by atoms with Gasteiger partial charge in [-0.1, -0.05) is 30.3 Å². The molecule has 1 aliphatic heterocycles. The van der Waals surface area contributed by atoms with E-state index in [9.17, 15) is 5.11 Å². The van der Waals surface area contributed by atoms with E-state index in [1.807, 2.05) is 32.0 Å². The molecule has 106 valence electrons. The van der Waals surface area contributed by atoms with Gasteiger partial charge < -0.3 is 19.9 Å². The molecule has 0 aliphatic carbocycles. The topological polar surface area (TPSA) is 50.7 Å². The van der Waals surface area contributed by atoms with E-state index < -0.39 is 5.79 Å². The van der Waals surface area contributed by atoms with Gasteiger partial charge in [0.25, 0.3) is 0 Å². The number of nitrogens with one attached hydrogen (secondary N) is 1. The summed E-state index contributed by atoms with van der Waals surface area (Å²) in [5, 5.41) is 12.9. The van der Waals surface area contributed by atoms with Gasteiger partial charge >= 0.3 is 0 Å². The van der Waals surface area contributed by atoms with Gasteiger partial charge in [-0.2, -0.15) is 0 Å². The molecule has 1 fully saturated rings. The Balaban J connectivity index is 1.83. The lowest BCUT2D eigenvalue weighted by atomic mass is 10.1. The minimum absolute atomic E-state index is 0.0285. The van der Waals surface area contributed by atoms with Crippen molar-refractivity contribution in [2.45, 2.75) is 38.1 Å². The van der Waals surface area contributed by atoms with Gasteiger partial charge in [0.1, 0.15) is 0 Å². The fraction of sp³-hybridized carbons (Fsp3) is 0.600. The zero-order valence-electron chi connectivity index (χ0n) is 11.6. The summed E-state index contributed by atoms with van der Waals surface area (Å²) in [5.41, 5.74) is 1.21. The molecule has 2 N–H and O–H groups in total. The van der Waals surface area contributed by atoms with Crippen LogP contribution in [0.1, 0.15) is 19.4 Å². The Labute approximate surface area is 114 Å². The first-order valence-electron chi connectivity index (χ1n) is 6.78. The Bertz CT molecular complexity index is 370. The number of ether oxygens (including phenoxy) is 2. The highest BCUT2D eigenvalue weighted by molar-refractivity contribution is 5.16. The molecule has 0 bridgehead atoms. The molecule has 4 heteroatoms. The molecule has 0 aromatic heterocycles. The third-order valence-electron chi connectivity index (χ3n) is 3.28. The van der Waals surface area contributed by atoms with E-state index in [0.29, 0.717) is 13.2 Å². The molecule has 0 radical (unpaired) electrons. The van der Waals surface area contributed by atoms with Crippen LogP contribution in [0.15, 0.2) is 30.3 Å². The number of hydrogen-bond acceptors (Lipinski definition) is 4. The number of hydrogen-bond donors (Lipinski definition) is 2. The van der Waals surface area contributed by atoms with E-state index in [4.69, 9.17) is 9.47 Å². The van der Waals surface area contributed by atoms with Crippen molar-refractivity contribution in [2.24, 2.45) is 0 Å². The molecular weight excluding hydrogens is 242 g/mol. The Hall–Kier alpha value is -0.940. The highest BCUT2D eigenvalue weighted by atomic mass is 16.7. The maximum absolute atomic E-state index is 9.48. The van der Waals surface area contributed by atoms with Gasteiger partial charge in [0.05, 0.1) is 25.9 Å². The van der Waals surface area contributed by atoms with E-state index in [1.165, 1.54) is 5.56 Å². The molecule has 2 rings (SSSR count). The van der Waals surface area contributed by atoms with E-state index in [0.717, 1.165) is 6.42 Å². The fourth-order valence-electron chi connectivity index (χ4n) is 2.20. The average molecular weight is 265 g/mol. The zero-order chi connectivity index (χ0) is 13.7. The van der Waals surface area contributed by atoms with Gasteiger partial charge in [0.2, 0.25) is 0 Å². The van der Waals surface area contributed by atoms with Crippen LogP contribution in [0.3, 0.4) is 0 Å². The van der Waals surface area contributed by atoms with E-state index >= 15 is 0 Å². The van der Waals surface area contributed by atoms with Crippen molar-refractivity contribution in [2.75, 3.05) is 19.8 Å². The smallest absolute Gasteiger partial charge is 0.162 e. The third-order valence-corrected chi connectivity index (χ3v) is 3.28. The Morgan fingerprint density at radius 1 is 1.26 bits per heavy atom. The van der Waals surface area contributed by atoms with Crippen molar-refractivity contribution in [1.29, 1.82) is 0 Å². The third kappa shape index (κ3) is 4.58. The molecule has 1 aromatic rings. The van der Waals surface area contributed by atoms with Crippen LogP contribution in [0.4, 0.5) is 0 Å². The second-order valence-corrected chi connectivity index (χ2v) is 5.45. The Kier molecular flexibility index (Phi) is 4.93. The first-order chi connectivity index (χ1) is 9.09. The SMILES string of the molecule is CC1(C)OCC(N[C@@H](CO)Cc2ccccc2)CO1. The van der Waals surface area contributed by atoms with Crippen molar-refractivity contribution < 1.29 is 14.6 Å². The van der Waals surface area contributed by atoms with Crippen molar-refractivity contribution in [3.63, 3.8) is 0 Å². The molecule has 19 heavy (non-hydrogen) atoms. The number of benzene rings is 1. The lowest BCUT2D eigenvalue weighted by Gasteiger charge is -2.36. The molecule has 1 heterocycles. The maximum Gasteiger partial charge on any atom is 0.162 e. The Morgan fingerprint density at radius 3 is 2.47 bits per heavy atom. The van der Waals surface area contributed by atoms with Crippen LogP contribution >= 0.6 is 0 Å². The average Bonchev–Trinajstić information content (AvgIpc) is 2.41. The first-order valence-corrected chi connectivity index (χ1v) is 6.78. The van der Waals surface area contributed by atoms with Crippen LogP contribution in [-0.2, 0) is 15.9 Å². The summed E-state index contributed by atoms with van der Waals surface area (Å²) in [7, 11) is 0. The normalized spacial score (nSPS) is 21.2. The number of rotatable bonds is 5. The van der Waals surface area contributed by atoms with Crippen LogP contribution in [0.25, 0.3) is 0 Å². The molecule has 1 aromatic carbocycles. The zero-order valence-corrected chi connectivity index (χ0v) is 11.6. The summed E-state index contributed by atoms with van der Waals surface area (Å²) in [5.74, 6) is -0.494. The van der Waals surface area contributed by atoms with E-state index in [1.54, 1.807) is 0 Å². The molecule has 1 atom stereocenters. The highest BCUT2D eigenvalue weighted by Gasteiger charge is 2.29. The lowest BCUT2D eigenvalue weighted by Crippen LogP contribution is -2.52. The summed E-state index contributed by atoms with van der Waals surface area (Å²) in [6, 6.07) is 10.3. The molecule has 4 nitrogen and oxygen atoms in total. The lowest BCUT2D eigenvalue weighted by molar-refractivity contribution is -0.253. The minimum atomic E-state index is -0.494. The van der Waals surface area contributed by atoms with Crippen molar-refractivity contribution >= 4 is 0 Å². The summed E-state index contributed by atoms with van der Waals surface area (Å²) >= 11 is 0. The monoisotopic (exact) mass is 265 g/mol. The largest absolute Gasteiger partial charge is 0.395 e. The van der Waals surface area contributed by atoms with Gasteiger partial charge in [-0.3, -0.25) is 0 Å². The molecular formula is C15H23NO3. The number of aliphatic hydroxyl groups excluding tert-OH is 1. The molecule has 0 saturated carbocycles. The molecule has 1 saturated heterocycles. The quantitative estimate of drug-likeness (QED) is 0.843. The molecule has 0 spiro atoms. The predicted octanol–water partition coefficient (Wildman–Crippen LogP) is 1.33. The van der Waals surface area contributed by atoms with Crippen molar-refractivity contribution in [3.05, 3.63) is 35.9 Å². The van der Waals surface area contributed by atoms with Crippen LogP contribution < -0.4 is 5.32 Å². The van der Waals surface area contributed by atoms with E-state index in [-0.39, 0.29) is 18.7 Å². The van der Waals surface area contributed by atoms with Gasteiger partial charge in [-0.15, -0.1) is 0 Å². The predicted molar refractivity (Wildman–Crippen MR) is 73.9 cm³/mol. The number of aliphatic hydroxyl groups is 1. The van der Waals surface area contributed by atoms with Crippen LogP contribution in [0.5, 0.6) is 0 Å². The van der Waals surface area contributed by atoms with Crippen LogP contribution in [0, 0.1) is 0 Å². The summed E-state index contributed by atoms with van der Waals surface area (Å²) in [4.78, 5) is 0. The second-order valence-electron chi connectivity index (χ2n) is 5.45. The fourth-order valence-corrected chi connectivity index (χ4v) is 2.20. The molecule has 1 aliphatic rings. The standard InChI is InChI=1S/C15H23NO3/c1-15(2)18-10-14(11-19-15)16-13(9-17)8-12-6-4-3-5-7-12/h3-7,13-14,16-17H,8-11H2,1-2H3/t13-/m1/s1. The van der Waals surface area contributed by atoms with Gasteiger partial charge in [-0.25, -0.2) is 0 Å². The van der Waals surface area contributed by atoms with Crippen molar-refractivity contribution in [3.8, 4) is 0 Å². The first kappa shape index (κ1) is 14.5. The molecule has 0 amide bonds. The van der Waals surface area contributed by atoms with Gasteiger partial charge in [0, 0.05) is 6.04 Å². The second kappa shape index (κ2) is 6.48. The van der Waals surface area contributed by atoms with E-state index in [2.05, 4.69) is 17.4 Å². The van der Waals surface area contributed by atoms with Crippen LogP contribution in [-0.4, -0.2) is 42.8 Å².